The van der Waals surface area contributed by atoms with Crippen molar-refractivity contribution in [3.63, 3.8) is 0 Å². The SMILES string of the molecule is CC(C)C1(C(C)C)CN(C(=O)OC(C)(C)C)CCO1. The van der Waals surface area contributed by atoms with E-state index in [4.69, 9.17) is 9.47 Å². The maximum absolute atomic E-state index is 12.2. The summed E-state index contributed by atoms with van der Waals surface area (Å²) in [5, 5.41) is 0. The Hall–Kier alpha value is -0.770. The predicted molar refractivity (Wildman–Crippen MR) is 76.2 cm³/mol. The van der Waals surface area contributed by atoms with Gasteiger partial charge in [0.05, 0.1) is 18.8 Å². The summed E-state index contributed by atoms with van der Waals surface area (Å²) in [4.78, 5) is 14.0. The molecule has 1 fully saturated rings. The molecule has 4 nitrogen and oxygen atoms in total. The fraction of sp³-hybridized carbons (Fsp3) is 0.933. The summed E-state index contributed by atoms with van der Waals surface area (Å²) in [6.07, 6.45) is -0.235. The van der Waals surface area contributed by atoms with Gasteiger partial charge in [-0.05, 0) is 32.6 Å². The summed E-state index contributed by atoms with van der Waals surface area (Å²) in [6, 6.07) is 0. The van der Waals surface area contributed by atoms with Crippen LogP contribution < -0.4 is 0 Å². The fourth-order valence-electron chi connectivity index (χ4n) is 2.62. The summed E-state index contributed by atoms with van der Waals surface area (Å²) < 4.78 is 11.5. The number of rotatable bonds is 2. The molecule has 0 N–H and O–H groups in total. The van der Waals surface area contributed by atoms with E-state index < -0.39 is 5.60 Å². The monoisotopic (exact) mass is 271 g/mol. The quantitative estimate of drug-likeness (QED) is 0.773. The van der Waals surface area contributed by atoms with Gasteiger partial charge in [0, 0.05) is 6.54 Å². The number of hydrogen-bond acceptors (Lipinski definition) is 3. The molecule has 0 aliphatic carbocycles. The van der Waals surface area contributed by atoms with E-state index in [0.29, 0.717) is 31.5 Å². The molecule has 0 spiro atoms. The van der Waals surface area contributed by atoms with Gasteiger partial charge in [0.2, 0.25) is 0 Å². The van der Waals surface area contributed by atoms with Crippen LogP contribution in [0.3, 0.4) is 0 Å². The van der Waals surface area contributed by atoms with Gasteiger partial charge in [-0.25, -0.2) is 4.79 Å². The Kier molecular flexibility index (Phi) is 4.88. The molecule has 4 heteroatoms. The number of hydrogen-bond donors (Lipinski definition) is 0. The third-order valence-electron chi connectivity index (χ3n) is 3.78. The summed E-state index contributed by atoms with van der Waals surface area (Å²) in [5.74, 6) is 0.718. The van der Waals surface area contributed by atoms with Crippen LogP contribution in [0.2, 0.25) is 0 Å². The zero-order valence-corrected chi connectivity index (χ0v) is 13.4. The van der Waals surface area contributed by atoms with Crippen molar-refractivity contribution < 1.29 is 14.3 Å². The highest BCUT2D eigenvalue weighted by Gasteiger charge is 2.44. The van der Waals surface area contributed by atoms with Crippen LogP contribution in [0, 0.1) is 11.8 Å². The third kappa shape index (κ3) is 3.85. The van der Waals surface area contributed by atoms with Gasteiger partial charge in [0.1, 0.15) is 5.60 Å². The van der Waals surface area contributed by atoms with Crippen LogP contribution >= 0.6 is 0 Å². The Bertz CT molecular complexity index is 310. The molecule has 1 aliphatic rings. The van der Waals surface area contributed by atoms with E-state index in [1.54, 1.807) is 4.90 Å². The maximum atomic E-state index is 12.2. The third-order valence-corrected chi connectivity index (χ3v) is 3.78. The minimum absolute atomic E-state index is 0.235. The molecule has 112 valence electrons. The van der Waals surface area contributed by atoms with Gasteiger partial charge in [0.25, 0.3) is 0 Å². The van der Waals surface area contributed by atoms with Gasteiger partial charge in [-0.2, -0.15) is 0 Å². The lowest BCUT2D eigenvalue weighted by Gasteiger charge is -2.48. The minimum Gasteiger partial charge on any atom is -0.444 e. The van der Waals surface area contributed by atoms with Crippen LogP contribution in [-0.2, 0) is 9.47 Å². The zero-order chi connectivity index (χ0) is 14.8. The van der Waals surface area contributed by atoms with E-state index in [-0.39, 0.29) is 11.7 Å². The molecule has 0 bridgehead atoms. The highest BCUT2D eigenvalue weighted by atomic mass is 16.6. The molecule has 1 heterocycles. The number of morpholine rings is 1. The summed E-state index contributed by atoms with van der Waals surface area (Å²) in [5.41, 5.74) is -0.719. The van der Waals surface area contributed by atoms with Crippen LogP contribution in [0.1, 0.15) is 48.5 Å². The molecule has 19 heavy (non-hydrogen) atoms. The Balaban J connectivity index is 2.81. The highest BCUT2D eigenvalue weighted by molar-refractivity contribution is 5.68. The van der Waals surface area contributed by atoms with Gasteiger partial charge >= 0.3 is 6.09 Å². The highest BCUT2D eigenvalue weighted by Crippen LogP contribution is 2.34. The Morgan fingerprint density at radius 3 is 2.16 bits per heavy atom. The zero-order valence-electron chi connectivity index (χ0n) is 13.4. The number of ether oxygens (including phenoxy) is 2. The molecule has 0 aromatic rings. The maximum Gasteiger partial charge on any atom is 0.410 e. The largest absolute Gasteiger partial charge is 0.444 e. The Morgan fingerprint density at radius 1 is 1.21 bits per heavy atom. The van der Waals surface area contributed by atoms with E-state index >= 15 is 0 Å². The lowest BCUT2D eigenvalue weighted by Crippen LogP contribution is -2.59. The molecular formula is C15H29NO3. The minimum atomic E-state index is -0.451. The van der Waals surface area contributed by atoms with Gasteiger partial charge in [0.15, 0.2) is 0 Å². The van der Waals surface area contributed by atoms with Crippen molar-refractivity contribution >= 4 is 6.09 Å². The molecular weight excluding hydrogens is 242 g/mol. The first-order valence-electron chi connectivity index (χ1n) is 7.20. The molecule has 0 aromatic carbocycles. The van der Waals surface area contributed by atoms with Gasteiger partial charge in [-0.1, -0.05) is 27.7 Å². The Morgan fingerprint density at radius 2 is 1.74 bits per heavy atom. The van der Waals surface area contributed by atoms with Crippen LogP contribution in [0.5, 0.6) is 0 Å². The van der Waals surface area contributed by atoms with Gasteiger partial charge in [-0.15, -0.1) is 0 Å². The lowest BCUT2D eigenvalue weighted by molar-refractivity contribution is -0.156. The molecule has 1 amide bonds. The normalized spacial score (nSPS) is 19.9. The molecule has 0 radical (unpaired) electrons. The van der Waals surface area contributed by atoms with Crippen molar-refractivity contribution in [3.8, 4) is 0 Å². The molecule has 0 aromatic heterocycles. The second kappa shape index (κ2) is 5.70. The first kappa shape index (κ1) is 16.3. The second-order valence-corrected chi connectivity index (χ2v) is 7.01. The average Bonchev–Trinajstić information content (AvgIpc) is 2.26. The summed E-state index contributed by atoms with van der Waals surface area (Å²) in [7, 11) is 0. The van der Waals surface area contributed by atoms with E-state index in [1.807, 2.05) is 20.8 Å². The summed E-state index contributed by atoms with van der Waals surface area (Å²) >= 11 is 0. The molecule has 1 saturated heterocycles. The molecule has 1 aliphatic heterocycles. The van der Waals surface area contributed by atoms with Crippen molar-refractivity contribution in [2.45, 2.75) is 59.7 Å². The van der Waals surface area contributed by atoms with Crippen LogP contribution in [-0.4, -0.2) is 41.9 Å². The average molecular weight is 271 g/mol. The van der Waals surface area contributed by atoms with Crippen LogP contribution in [0.4, 0.5) is 4.79 Å². The van der Waals surface area contributed by atoms with Crippen molar-refractivity contribution in [2.75, 3.05) is 19.7 Å². The predicted octanol–water partition coefficient (Wildman–Crippen LogP) is 3.30. The van der Waals surface area contributed by atoms with E-state index in [2.05, 4.69) is 27.7 Å². The number of carbonyl (C=O) groups is 1. The Labute approximate surface area is 117 Å². The lowest BCUT2D eigenvalue weighted by atomic mass is 9.79. The molecule has 0 saturated carbocycles. The standard InChI is InChI=1S/C15H29NO3/c1-11(2)15(12(3)4)10-16(8-9-18-15)13(17)19-14(5,6)7/h11-12H,8-10H2,1-7H3. The van der Waals surface area contributed by atoms with Crippen LogP contribution in [0.25, 0.3) is 0 Å². The molecule has 0 unspecified atom stereocenters. The van der Waals surface area contributed by atoms with Crippen molar-refractivity contribution in [3.05, 3.63) is 0 Å². The summed E-state index contributed by atoms with van der Waals surface area (Å²) in [6.45, 7) is 16.1. The first-order chi connectivity index (χ1) is 8.58. The number of amides is 1. The van der Waals surface area contributed by atoms with Gasteiger partial charge < -0.3 is 14.4 Å². The van der Waals surface area contributed by atoms with E-state index in [0.717, 1.165) is 0 Å². The van der Waals surface area contributed by atoms with E-state index in [1.165, 1.54) is 0 Å². The fourth-order valence-corrected chi connectivity index (χ4v) is 2.62. The van der Waals surface area contributed by atoms with Crippen molar-refractivity contribution in [1.29, 1.82) is 0 Å². The number of carbonyl (C=O) groups excluding carboxylic acids is 1. The van der Waals surface area contributed by atoms with Gasteiger partial charge in [-0.3, -0.25) is 0 Å². The molecule has 0 atom stereocenters. The van der Waals surface area contributed by atoms with E-state index in [9.17, 15) is 4.79 Å². The van der Waals surface area contributed by atoms with Crippen molar-refractivity contribution in [1.82, 2.24) is 4.90 Å². The smallest absolute Gasteiger partial charge is 0.410 e. The van der Waals surface area contributed by atoms with Crippen LogP contribution in [0.15, 0.2) is 0 Å². The first-order valence-corrected chi connectivity index (χ1v) is 7.20. The van der Waals surface area contributed by atoms with Crippen molar-refractivity contribution in [2.24, 2.45) is 11.8 Å². The topological polar surface area (TPSA) is 38.8 Å². The molecule has 1 rings (SSSR count). The number of nitrogens with zero attached hydrogens (tertiary/aromatic N) is 1. The second-order valence-electron chi connectivity index (χ2n) is 7.01.